The molecule has 0 atom stereocenters. The Morgan fingerprint density at radius 1 is 1.40 bits per heavy atom. The van der Waals surface area contributed by atoms with E-state index in [1.54, 1.807) is 23.1 Å². The zero-order chi connectivity index (χ0) is 10.5. The standard InChI is InChI=1S/C9H14N2O2S2/c1-7-10-11-9(15-7)14-6-3-8-12-4-2-5-13-8/h8H,2-6H2,1H3. The van der Waals surface area contributed by atoms with Crippen LogP contribution in [-0.4, -0.2) is 35.5 Å². The fourth-order valence-corrected chi connectivity index (χ4v) is 3.13. The third-order valence-electron chi connectivity index (χ3n) is 1.98. The summed E-state index contributed by atoms with van der Waals surface area (Å²) in [5.74, 6) is 0.972. The second-order valence-electron chi connectivity index (χ2n) is 3.25. The van der Waals surface area contributed by atoms with E-state index in [0.717, 1.165) is 41.2 Å². The maximum atomic E-state index is 5.45. The van der Waals surface area contributed by atoms with Crippen LogP contribution in [-0.2, 0) is 9.47 Å². The van der Waals surface area contributed by atoms with Gasteiger partial charge in [-0.05, 0) is 13.3 Å². The van der Waals surface area contributed by atoms with Gasteiger partial charge in [0, 0.05) is 12.2 Å². The van der Waals surface area contributed by atoms with Crippen molar-refractivity contribution in [1.82, 2.24) is 10.2 Å². The molecular formula is C9H14N2O2S2. The third-order valence-corrected chi connectivity index (χ3v) is 3.99. The SMILES string of the molecule is Cc1nnc(SCCC2OCCCO2)s1. The second-order valence-corrected chi connectivity index (χ2v) is 5.77. The minimum absolute atomic E-state index is 0.0136. The first kappa shape index (κ1) is 11.3. The van der Waals surface area contributed by atoms with Crippen molar-refractivity contribution in [2.24, 2.45) is 0 Å². The van der Waals surface area contributed by atoms with Gasteiger partial charge in [0.25, 0.3) is 0 Å². The Labute approximate surface area is 97.4 Å². The third kappa shape index (κ3) is 3.71. The molecule has 2 rings (SSSR count). The Morgan fingerprint density at radius 3 is 2.87 bits per heavy atom. The molecule has 0 bridgehead atoms. The molecule has 1 aromatic heterocycles. The predicted octanol–water partition coefficient (Wildman–Crippen LogP) is 2.09. The summed E-state index contributed by atoms with van der Waals surface area (Å²) >= 11 is 3.35. The molecule has 1 aromatic rings. The van der Waals surface area contributed by atoms with E-state index >= 15 is 0 Å². The summed E-state index contributed by atoms with van der Waals surface area (Å²) in [4.78, 5) is 0. The average Bonchev–Trinajstić information content (AvgIpc) is 2.66. The lowest BCUT2D eigenvalue weighted by Gasteiger charge is -2.22. The largest absolute Gasteiger partial charge is 0.353 e. The molecule has 0 radical (unpaired) electrons. The van der Waals surface area contributed by atoms with E-state index in [0.29, 0.717) is 0 Å². The summed E-state index contributed by atoms with van der Waals surface area (Å²) < 4.78 is 11.9. The minimum atomic E-state index is -0.0136. The number of hydrogen-bond acceptors (Lipinski definition) is 6. The maximum absolute atomic E-state index is 5.45. The first-order valence-corrected chi connectivity index (χ1v) is 6.81. The fraction of sp³-hybridized carbons (Fsp3) is 0.778. The molecule has 0 N–H and O–H groups in total. The summed E-state index contributed by atoms with van der Waals surface area (Å²) in [6.45, 7) is 3.62. The lowest BCUT2D eigenvalue weighted by Crippen LogP contribution is -2.25. The lowest BCUT2D eigenvalue weighted by molar-refractivity contribution is -0.178. The number of rotatable bonds is 4. The van der Waals surface area contributed by atoms with E-state index < -0.39 is 0 Å². The Bertz CT molecular complexity index is 300. The van der Waals surface area contributed by atoms with Crippen molar-refractivity contribution < 1.29 is 9.47 Å². The first-order valence-electron chi connectivity index (χ1n) is 5.01. The van der Waals surface area contributed by atoms with Gasteiger partial charge in [0.15, 0.2) is 10.6 Å². The first-order chi connectivity index (χ1) is 7.34. The van der Waals surface area contributed by atoms with Crippen molar-refractivity contribution in [2.45, 2.75) is 30.4 Å². The van der Waals surface area contributed by atoms with Crippen LogP contribution in [0.2, 0.25) is 0 Å². The molecule has 1 saturated heterocycles. The van der Waals surface area contributed by atoms with Crippen LogP contribution < -0.4 is 0 Å². The molecule has 1 aliphatic heterocycles. The number of ether oxygens (including phenoxy) is 2. The van der Waals surface area contributed by atoms with Crippen LogP contribution in [0, 0.1) is 6.92 Å². The normalized spacial score (nSPS) is 18.2. The highest BCUT2D eigenvalue weighted by Crippen LogP contribution is 2.23. The van der Waals surface area contributed by atoms with Gasteiger partial charge in [0.1, 0.15) is 5.01 Å². The van der Waals surface area contributed by atoms with Gasteiger partial charge in [-0.1, -0.05) is 23.1 Å². The van der Waals surface area contributed by atoms with Gasteiger partial charge in [0.2, 0.25) is 0 Å². The zero-order valence-corrected chi connectivity index (χ0v) is 10.3. The van der Waals surface area contributed by atoms with Gasteiger partial charge in [-0.2, -0.15) is 0 Å². The average molecular weight is 246 g/mol. The predicted molar refractivity (Wildman–Crippen MR) is 60.3 cm³/mol. The molecule has 0 saturated carbocycles. The topological polar surface area (TPSA) is 44.2 Å². The fourth-order valence-electron chi connectivity index (χ4n) is 1.28. The molecule has 0 unspecified atom stereocenters. The van der Waals surface area contributed by atoms with Crippen LogP contribution in [0.5, 0.6) is 0 Å². The smallest absolute Gasteiger partial charge is 0.174 e. The van der Waals surface area contributed by atoms with E-state index in [-0.39, 0.29) is 6.29 Å². The van der Waals surface area contributed by atoms with Crippen molar-refractivity contribution in [3.8, 4) is 0 Å². The van der Waals surface area contributed by atoms with Gasteiger partial charge >= 0.3 is 0 Å². The Hall–Kier alpha value is -0.170. The van der Waals surface area contributed by atoms with Gasteiger partial charge in [-0.25, -0.2) is 0 Å². The molecule has 6 heteroatoms. The molecule has 4 nitrogen and oxygen atoms in total. The number of aryl methyl sites for hydroxylation is 1. The van der Waals surface area contributed by atoms with Crippen molar-refractivity contribution in [1.29, 1.82) is 0 Å². The lowest BCUT2D eigenvalue weighted by atomic mass is 10.4. The zero-order valence-electron chi connectivity index (χ0n) is 8.64. The van der Waals surface area contributed by atoms with E-state index in [1.165, 1.54) is 0 Å². The van der Waals surface area contributed by atoms with Crippen molar-refractivity contribution in [3.05, 3.63) is 5.01 Å². The van der Waals surface area contributed by atoms with E-state index in [4.69, 9.17) is 9.47 Å². The molecule has 0 amide bonds. The van der Waals surface area contributed by atoms with Crippen molar-refractivity contribution in [3.63, 3.8) is 0 Å². The minimum Gasteiger partial charge on any atom is -0.353 e. The van der Waals surface area contributed by atoms with E-state index in [9.17, 15) is 0 Å². The number of aromatic nitrogens is 2. The van der Waals surface area contributed by atoms with Gasteiger partial charge in [-0.15, -0.1) is 10.2 Å². The van der Waals surface area contributed by atoms with Crippen LogP contribution in [0.3, 0.4) is 0 Å². The molecule has 0 aliphatic carbocycles. The quantitative estimate of drug-likeness (QED) is 0.761. The van der Waals surface area contributed by atoms with Gasteiger partial charge in [0.05, 0.1) is 13.2 Å². The highest BCUT2D eigenvalue weighted by Gasteiger charge is 2.14. The maximum Gasteiger partial charge on any atom is 0.174 e. The van der Waals surface area contributed by atoms with Crippen LogP contribution in [0.4, 0.5) is 0 Å². The van der Waals surface area contributed by atoms with Crippen LogP contribution in [0.15, 0.2) is 4.34 Å². The highest BCUT2D eigenvalue weighted by molar-refractivity contribution is 8.01. The Balaban J connectivity index is 1.65. The molecule has 1 aliphatic rings. The van der Waals surface area contributed by atoms with E-state index in [2.05, 4.69) is 10.2 Å². The summed E-state index contributed by atoms with van der Waals surface area (Å²) in [6.07, 6.45) is 1.92. The van der Waals surface area contributed by atoms with Gasteiger partial charge in [-0.3, -0.25) is 0 Å². The summed E-state index contributed by atoms with van der Waals surface area (Å²) in [5, 5.41) is 9.03. The summed E-state index contributed by atoms with van der Waals surface area (Å²) in [5.41, 5.74) is 0. The van der Waals surface area contributed by atoms with Crippen molar-refractivity contribution in [2.75, 3.05) is 19.0 Å². The molecule has 0 aromatic carbocycles. The number of hydrogen-bond donors (Lipinski definition) is 0. The Kier molecular flexibility index (Phi) is 4.37. The molecule has 0 spiro atoms. The van der Waals surface area contributed by atoms with Crippen LogP contribution in [0.25, 0.3) is 0 Å². The van der Waals surface area contributed by atoms with Crippen LogP contribution in [0.1, 0.15) is 17.8 Å². The van der Waals surface area contributed by atoms with Gasteiger partial charge < -0.3 is 9.47 Å². The molecule has 15 heavy (non-hydrogen) atoms. The van der Waals surface area contributed by atoms with Crippen LogP contribution >= 0.6 is 23.1 Å². The number of thioether (sulfide) groups is 1. The number of nitrogens with zero attached hydrogens (tertiary/aromatic N) is 2. The van der Waals surface area contributed by atoms with E-state index in [1.807, 2.05) is 6.92 Å². The highest BCUT2D eigenvalue weighted by atomic mass is 32.2. The molecule has 2 heterocycles. The monoisotopic (exact) mass is 246 g/mol. The summed E-state index contributed by atoms with van der Waals surface area (Å²) in [7, 11) is 0. The Morgan fingerprint density at radius 2 is 2.20 bits per heavy atom. The molecule has 84 valence electrons. The molecular weight excluding hydrogens is 232 g/mol. The van der Waals surface area contributed by atoms with Crippen molar-refractivity contribution >= 4 is 23.1 Å². The molecule has 1 fully saturated rings. The second kappa shape index (κ2) is 5.79. The summed E-state index contributed by atoms with van der Waals surface area (Å²) in [6, 6.07) is 0.